The fourth-order valence-electron chi connectivity index (χ4n) is 0.949. The van der Waals surface area contributed by atoms with Crippen LogP contribution >= 0.6 is 15.9 Å². The minimum atomic E-state index is 0.766. The van der Waals surface area contributed by atoms with Crippen LogP contribution in [-0.2, 0) is 5.33 Å². The number of alkyl halides is 1. The van der Waals surface area contributed by atoms with Gasteiger partial charge in [-0.15, -0.1) is 0 Å². The van der Waals surface area contributed by atoms with E-state index in [-0.39, 0.29) is 0 Å². The third-order valence-corrected chi connectivity index (χ3v) is 2.31. The van der Waals surface area contributed by atoms with Crippen LogP contribution < -0.4 is 0 Å². The molecule has 0 aromatic heterocycles. The molecule has 0 amide bonds. The van der Waals surface area contributed by atoms with Crippen molar-refractivity contribution in [3.8, 4) is 6.07 Å². The van der Waals surface area contributed by atoms with Gasteiger partial charge in [0.1, 0.15) is 0 Å². The summed E-state index contributed by atoms with van der Waals surface area (Å²) in [7, 11) is 0. The van der Waals surface area contributed by atoms with Crippen LogP contribution in [0.15, 0.2) is 18.2 Å². The number of nitriles is 1. The molecule has 0 aliphatic carbocycles. The molecule has 0 saturated heterocycles. The van der Waals surface area contributed by atoms with E-state index in [2.05, 4.69) is 22.0 Å². The van der Waals surface area contributed by atoms with Gasteiger partial charge in [-0.1, -0.05) is 28.1 Å². The molecule has 0 radical (unpaired) electrons. The first-order valence-electron chi connectivity index (χ1n) is 3.34. The lowest BCUT2D eigenvalue weighted by molar-refractivity contribution is 1.29. The molecule has 1 rings (SSSR count). The first-order valence-corrected chi connectivity index (χ1v) is 4.46. The molecule has 0 fully saturated rings. The third kappa shape index (κ3) is 1.61. The second-order valence-electron chi connectivity index (χ2n) is 2.34. The highest BCUT2D eigenvalue weighted by atomic mass is 79.9. The van der Waals surface area contributed by atoms with E-state index in [4.69, 9.17) is 5.26 Å². The summed E-state index contributed by atoms with van der Waals surface area (Å²) >= 11 is 3.36. The maximum absolute atomic E-state index is 8.67. The Kier molecular flexibility index (Phi) is 2.67. The quantitative estimate of drug-likeness (QED) is 0.653. The Morgan fingerprint density at radius 2 is 2.27 bits per heavy atom. The molecule has 11 heavy (non-hydrogen) atoms. The summed E-state index contributed by atoms with van der Waals surface area (Å²) in [5.41, 5.74) is 3.03. The van der Waals surface area contributed by atoms with Crippen molar-refractivity contribution >= 4 is 15.9 Å². The molecule has 0 unspecified atom stereocenters. The summed E-state index contributed by atoms with van der Waals surface area (Å²) in [6.45, 7) is 1.97. The van der Waals surface area contributed by atoms with Crippen molar-refractivity contribution in [2.75, 3.05) is 0 Å². The zero-order chi connectivity index (χ0) is 8.27. The Bertz CT molecular complexity index is 299. The average Bonchev–Trinajstić information content (AvgIpc) is 2.05. The third-order valence-electron chi connectivity index (χ3n) is 1.71. The molecule has 1 nitrogen and oxygen atoms in total. The molecule has 1 aromatic rings. The van der Waals surface area contributed by atoms with Crippen molar-refractivity contribution in [1.29, 1.82) is 5.26 Å². The van der Waals surface area contributed by atoms with Crippen molar-refractivity contribution in [1.82, 2.24) is 0 Å². The van der Waals surface area contributed by atoms with E-state index in [1.807, 2.05) is 25.1 Å². The summed E-state index contributed by atoms with van der Waals surface area (Å²) in [6, 6.07) is 7.91. The maximum Gasteiger partial charge on any atom is 0.0994 e. The van der Waals surface area contributed by atoms with Crippen molar-refractivity contribution in [3.05, 3.63) is 34.9 Å². The number of rotatable bonds is 1. The minimum absolute atomic E-state index is 0.766. The van der Waals surface area contributed by atoms with Crippen LogP contribution in [0, 0.1) is 18.3 Å². The molecule has 0 N–H and O–H groups in total. The van der Waals surface area contributed by atoms with Crippen LogP contribution in [0.25, 0.3) is 0 Å². The van der Waals surface area contributed by atoms with Crippen molar-refractivity contribution in [2.45, 2.75) is 12.3 Å². The second kappa shape index (κ2) is 3.54. The predicted octanol–water partition coefficient (Wildman–Crippen LogP) is 2.76. The predicted molar refractivity (Wildman–Crippen MR) is 48.5 cm³/mol. The Labute approximate surface area is 74.8 Å². The van der Waals surface area contributed by atoms with Gasteiger partial charge in [0, 0.05) is 5.33 Å². The Hall–Kier alpha value is -0.810. The standard InChI is InChI=1S/C9H8BrN/c1-7-8(5-10)3-2-4-9(7)6-11/h2-4H,5H2,1H3. The zero-order valence-corrected chi connectivity index (χ0v) is 7.85. The van der Waals surface area contributed by atoms with Crippen LogP contribution in [0.1, 0.15) is 16.7 Å². The van der Waals surface area contributed by atoms with E-state index in [1.165, 1.54) is 5.56 Å². The number of hydrogen-bond donors (Lipinski definition) is 0. The average molecular weight is 210 g/mol. The molecule has 0 saturated carbocycles. The van der Waals surface area contributed by atoms with E-state index in [0.717, 1.165) is 16.5 Å². The van der Waals surface area contributed by atoms with Crippen molar-refractivity contribution < 1.29 is 0 Å². The lowest BCUT2D eigenvalue weighted by Crippen LogP contribution is -1.87. The normalized spacial score (nSPS) is 9.18. The van der Waals surface area contributed by atoms with Crippen molar-refractivity contribution in [2.24, 2.45) is 0 Å². The smallest absolute Gasteiger partial charge is 0.0994 e. The largest absolute Gasteiger partial charge is 0.192 e. The van der Waals surface area contributed by atoms with Gasteiger partial charge in [-0.3, -0.25) is 0 Å². The lowest BCUT2D eigenvalue weighted by atomic mass is 10.1. The highest BCUT2D eigenvalue weighted by Gasteiger charge is 2.00. The molecule has 1 aromatic carbocycles. The Balaban J connectivity index is 3.23. The lowest BCUT2D eigenvalue weighted by Gasteiger charge is -2.01. The maximum atomic E-state index is 8.67. The minimum Gasteiger partial charge on any atom is -0.192 e. The fraction of sp³-hybridized carbons (Fsp3) is 0.222. The van der Waals surface area contributed by atoms with E-state index in [9.17, 15) is 0 Å². The first-order chi connectivity index (χ1) is 5.29. The van der Waals surface area contributed by atoms with Crippen LogP contribution in [0.5, 0.6) is 0 Å². The van der Waals surface area contributed by atoms with Gasteiger partial charge < -0.3 is 0 Å². The van der Waals surface area contributed by atoms with Crippen LogP contribution in [0.2, 0.25) is 0 Å². The number of benzene rings is 1. The van der Waals surface area contributed by atoms with Gasteiger partial charge in [-0.25, -0.2) is 0 Å². The summed E-state index contributed by atoms with van der Waals surface area (Å²) in [4.78, 5) is 0. The van der Waals surface area contributed by atoms with Crippen molar-refractivity contribution in [3.63, 3.8) is 0 Å². The Morgan fingerprint density at radius 1 is 1.55 bits per heavy atom. The molecule has 0 aliphatic rings. The molecule has 0 heterocycles. The van der Waals surface area contributed by atoms with Crippen LogP contribution in [-0.4, -0.2) is 0 Å². The van der Waals surface area contributed by atoms with Gasteiger partial charge in [-0.05, 0) is 24.1 Å². The Morgan fingerprint density at radius 3 is 2.82 bits per heavy atom. The summed E-state index contributed by atoms with van der Waals surface area (Å²) in [5.74, 6) is 0. The molecular weight excluding hydrogens is 202 g/mol. The highest BCUT2D eigenvalue weighted by molar-refractivity contribution is 9.08. The van der Waals surface area contributed by atoms with E-state index in [0.29, 0.717) is 0 Å². The molecular formula is C9H8BrN. The number of halogens is 1. The van der Waals surface area contributed by atoms with E-state index >= 15 is 0 Å². The van der Waals surface area contributed by atoms with Gasteiger partial charge >= 0.3 is 0 Å². The van der Waals surface area contributed by atoms with Gasteiger partial charge in [-0.2, -0.15) is 5.26 Å². The molecule has 0 aliphatic heterocycles. The van der Waals surface area contributed by atoms with E-state index in [1.54, 1.807) is 0 Å². The highest BCUT2D eigenvalue weighted by Crippen LogP contribution is 2.15. The zero-order valence-electron chi connectivity index (χ0n) is 6.26. The second-order valence-corrected chi connectivity index (χ2v) is 2.90. The SMILES string of the molecule is Cc1c(C#N)cccc1CBr. The van der Waals surface area contributed by atoms with Gasteiger partial charge in [0.2, 0.25) is 0 Å². The summed E-state index contributed by atoms with van der Waals surface area (Å²) in [5, 5.41) is 9.49. The first kappa shape index (κ1) is 8.29. The van der Waals surface area contributed by atoms with E-state index < -0.39 is 0 Å². The molecule has 0 atom stereocenters. The van der Waals surface area contributed by atoms with Gasteiger partial charge in [0.05, 0.1) is 11.6 Å². The fourth-order valence-corrected chi connectivity index (χ4v) is 1.56. The molecule has 0 spiro atoms. The molecule has 0 bridgehead atoms. The molecule has 56 valence electrons. The number of hydrogen-bond acceptors (Lipinski definition) is 1. The van der Waals surface area contributed by atoms with Gasteiger partial charge in [0.15, 0.2) is 0 Å². The summed E-state index contributed by atoms with van der Waals surface area (Å²) < 4.78 is 0. The topological polar surface area (TPSA) is 23.8 Å². The van der Waals surface area contributed by atoms with Crippen LogP contribution in [0.4, 0.5) is 0 Å². The van der Waals surface area contributed by atoms with Gasteiger partial charge in [0.25, 0.3) is 0 Å². The number of nitrogens with zero attached hydrogens (tertiary/aromatic N) is 1. The summed E-state index contributed by atoms with van der Waals surface area (Å²) in [6.07, 6.45) is 0. The van der Waals surface area contributed by atoms with Crippen LogP contribution in [0.3, 0.4) is 0 Å². The molecule has 2 heteroatoms. The monoisotopic (exact) mass is 209 g/mol.